The summed E-state index contributed by atoms with van der Waals surface area (Å²) in [6, 6.07) is 23.8. The van der Waals surface area contributed by atoms with Crippen molar-refractivity contribution >= 4 is 11.7 Å². The number of aliphatic hydroxyl groups is 1. The van der Waals surface area contributed by atoms with Crippen molar-refractivity contribution in [1.29, 1.82) is 0 Å². The van der Waals surface area contributed by atoms with E-state index in [4.69, 9.17) is 28.4 Å². The van der Waals surface area contributed by atoms with Crippen LogP contribution < -0.4 is 4.74 Å². The fourth-order valence-corrected chi connectivity index (χ4v) is 6.35. The summed E-state index contributed by atoms with van der Waals surface area (Å²) in [5, 5.41) is 11.5. The first kappa shape index (κ1) is 35.6. The zero-order valence-corrected chi connectivity index (χ0v) is 28.6. The standard InChI is InChI=1S/C39H49NO8/c1-39(2)22-32(11-8-18-43-3)33-21-30(14-17-35(33)48-39)27-46-36-24-40(38(42)47-26-28-9-6-5-7-10-28)23-34(41)37(36)31-15-12-29(13-16-31)25-45-20-19-44-4/h5-7,9-10,12-17,21-22,34,36-37,41H,8,11,18-20,23-27H2,1-4H3/t34-,36+,37+/m1/s1. The molecule has 0 saturated carbocycles. The molecule has 0 aromatic heterocycles. The molecule has 3 aromatic rings. The lowest BCUT2D eigenvalue weighted by Crippen LogP contribution is -2.53. The van der Waals surface area contributed by atoms with Gasteiger partial charge in [0.1, 0.15) is 18.0 Å². The van der Waals surface area contributed by atoms with Gasteiger partial charge in [0.15, 0.2) is 0 Å². The van der Waals surface area contributed by atoms with Gasteiger partial charge in [0, 0.05) is 32.3 Å². The number of hydrogen-bond donors (Lipinski definition) is 1. The molecule has 258 valence electrons. The molecule has 0 bridgehead atoms. The Morgan fingerprint density at radius 2 is 1.60 bits per heavy atom. The Balaban J connectivity index is 1.33. The van der Waals surface area contributed by atoms with Crippen LogP contribution in [0.3, 0.4) is 0 Å². The molecule has 2 aliphatic heterocycles. The van der Waals surface area contributed by atoms with E-state index in [1.54, 1.807) is 19.1 Å². The highest BCUT2D eigenvalue weighted by molar-refractivity contribution is 5.74. The SMILES string of the molecule is COCCCC1=CC(C)(C)Oc2ccc(CO[C@H]3CN(C(=O)OCc4ccccc4)C[C@@H](O)[C@@H]3c3ccc(COCCOC)cc3)cc21. The topological polar surface area (TPSA) is 95.9 Å². The minimum Gasteiger partial charge on any atom is -0.483 e. The van der Waals surface area contributed by atoms with E-state index in [1.807, 2.05) is 66.7 Å². The van der Waals surface area contributed by atoms with Crippen LogP contribution in [0.4, 0.5) is 4.79 Å². The van der Waals surface area contributed by atoms with Crippen molar-refractivity contribution in [2.24, 2.45) is 0 Å². The molecule has 2 heterocycles. The molecule has 1 N–H and O–H groups in total. The predicted octanol–water partition coefficient (Wildman–Crippen LogP) is 6.51. The van der Waals surface area contributed by atoms with Crippen molar-refractivity contribution in [3.05, 3.63) is 107 Å². The summed E-state index contributed by atoms with van der Waals surface area (Å²) < 4.78 is 34.6. The van der Waals surface area contributed by atoms with Crippen LogP contribution in [0.15, 0.2) is 78.9 Å². The molecule has 3 atom stereocenters. The third kappa shape index (κ3) is 9.67. The molecule has 0 unspecified atom stereocenters. The summed E-state index contributed by atoms with van der Waals surface area (Å²) in [4.78, 5) is 14.8. The maximum Gasteiger partial charge on any atom is 0.410 e. The largest absolute Gasteiger partial charge is 0.483 e. The van der Waals surface area contributed by atoms with E-state index in [9.17, 15) is 9.90 Å². The maximum atomic E-state index is 13.2. The fourth-order valence-electron chi connectivity index (χ4n) is 6.35. The number of hydrogen-bond acceptors (Lipinski definition) is 8. The number of piperidine rings is 1. The number of carbonyl (C=O) groups is 1. The first-order valence-corrected chi connectivity index (χ1v) is 16.7. The van der Waals surface area contributed by atoms with Gasteiger partial charge in [-0.3, -0.25) is 0 Å². The minimum absolute atomic E-state index is 0.141. The van der Waals surface area contributed by atoms with Crippen molar-refractivity contribution in [3.8, 4) is 5.75 Å². The smallest absolute Gasteiger partial charge is 0.410 e. The molecule has 9 heteroatoms. The molecular weight excluding hydrogens is 610 g/mol. The van der Waals surface area contributed by atoms with Crippen LogP contribution >= 0.6 is 0 Å². The van der Waals surface area contributed by atoms with Gasteiger partial charge in [-0.2, -0.15) is 0 Å². The summed E-state index contributed by atoms with van der Waals surface area (Å²) in [6.07, 6.45) is 2.16. The Hall–Kier alpha value is -3.73. The van der Waals surface area contributed by atoms with Crippen molar-refractivity contribution in [2.75, 3.05) is 47.1 Å². The van der Waals surface area contributed by atoms with Gasteiger partial charge in [0.05, 0.1) is 51.7 Å². The number of aliphatic hydroxyl groups excluding tert-OH is 1. The molecule has 3 aromatic carbocycles. The fraction of sp³-hybridized carbons (Fsp3) is 0.462. The van der Waals surface area contributed by atoms with Crippen molar-refractivity contribution in [2.45, 2.75) is 70.2 Å². The average Bonchev–Trinajstić information content (AvgIpc) is 3.08. The van der Waals surface area contributed by atoms with E-state index in [0.29, 0.717) is 33.0 Å². The van der Waals surface area contributed by atoms with E-state index >= 15 is 0 Å². The Bertz CT molecular complexity index is 1490. The number of ether oxygens (including phenoxy) is 6. The number of rotatable bonds is 15. The van der Waals surface area contributed by atoms with Crippen molar-refractivity contribution in [3.63, 3.8) is 0 Å². The molecule has 5 rings (SSSR count). The second-order valence-electron chi connectivity index (χ2n) is 13.0. The first-order chi connectivity index (χ1) is 23.3. The molecule has 2 aliphatic rings. The van der Waals surface area contributed by atoms with Crippen LogP contribution in [-0.4, -0.2) is 81.0 Å². The molecule has 1 fully saturated rings. The van der Waals surface area contributed by atoms with E-state index in [-0.39, 0.29) is 25.6 Å². The van der Waals surface area contributed by atoms with Gasteiger partial charge in [0.25, 0.3) is 0 Å². The molecule has 0 radical (unpaired) electrons. The van der Waals surface area contributed by atoms with Gasteiger partial charge >= 0.3 is 6.09 Å². The first-order valence-electron chi connectivity index (χ1n) is 16.7. The van der Waals surface area contributed by atoms with Crippen LogP contribution in [0.1, 0.15) is 60.4 Å². The van der Waals surface area contributed by atoms with Crippen LogP contribution in [-0.2, 0) is 43.5 Å². The Labute approximate surface area is 284 Å². The van der Waals surface area contributed by atoms with Crippen LogP contribution in [0, 0.1) is 0 Å². The van der Waals surface area contributed by atoms with Crippen LogP contribution in [0.5, 0.6) is 5.75 Å². The number of β-amino-alcohol motifs (C(OH)–C–C–N with tert-alkyl or cyclic N) is 1. The summed E-state index contributed by atoms with van der Waals surface area (Å²) >= 11 is 0. The zero-order chi connectivity index (χ0) is 33.9. The number of likely N-dealkylation sites (tertiary alicyclic amines) is 1. The normalized spacial score (nSPS) is 20.1. The summed E-state index contributed by atoms with van der Waals surface area (Å²) in [6.45, 7) is 7.22. The molecule has 0 aliphatic carbocycles. The quantitative estimate of drug-likeness (QED) is 0.185. The van der Waals surface area contributed by atoms with Gasteiger partial charge in [0.2, 0.25) is 0 Å². The number of benzene rings is 3. The Kier molecular flexibility index (Phi) is 12.7. The van der Waals surface area contributed by atoms with Gasteiger partial charge in [-0.1, -0.05) is 60.7 Å². The van der Waals surface area contributed by atoms with E-state index in [0.717, 1.165) is 46.4 Å². The number of carbonyl (C=O) groups excluding carboxylic acids is 1. The van der Waals surface area contributed by atoms with Crippen molar-refractivity contribution < 1.29 is 38.3 Å². The number of nitrogens with zero attached hydrogens (tertiary/aromatic N) is 1. The van der Waals surface area contributed by atoms with Crippen molar-refractivity contribution in [1.82, 2.24) is 4.90 Å². The lowest BCUT2D eigenvalue weighted by atomic mass is 9.84. The highest BCUT2D eigenvalue weighted by atomic mass is 16.6. The average molecular weight is 660 g/mol. The molecule has 48 heavy (non-hydrogen) atoms. The molecule has 9 nitrogen and oxygen atoms in total. The maximum absolute atomic E-state index is 13.2. The van der Waals surface area contributed by atoms with E-state index < -0.39 is 23.9 Å². The highest BCUT2D eigenvalue weighted by Gasteiger charge is 2.40. The lowest BCUT2D eigenvalue weighted by molar-refractivity contribution is -0.0692. The van der Waals surface area contributed by atoms with Crippen LogP contribution in [0.25, 0.3) is 5.57 Å². The highest BCUT2D eigenvalue weighted by Crippen LogP contribution is 2.39. The second-order valence-corrected chi connectivity index (χ2v) is 13.0. The third-order valence-electron chi connectivity index (χ3n) is 8.69. The number of fused-ring (bicyclic) bond motifs is 1. The molecule has 1 amide bonds. The summed E-state index contributed by atoms with van der Waals surface area (Å²) in [5.41, 5.74) is 5.73. The zero-order valence-electron chi connectivity index (χ0n) is 28.6. The van der Waals surface area contributed by atoms with Gasteiger partial charge in [-0.15, -0.1) is 0 Å². The molecular formula is C39H49NO8. The predicted molar refractivity (Wildman–Crippen MR) is 184 cm³/mol. The van der Waals surface area contributed by atoms with Crippen LogP contribution in [0.2, 0.25) is 0 Å². The minimum atomic E-state index is -0.855. The number of methoxy groups -OCH3 is 2. The number of allylic oxidation sites excluding steroid dienone is 1. The number of amides is 1. The van der Waals surface area contributed by atoms with E-state index in [1.165, 1.54) is 5.57 Å². The van der Waals surface area contributed by atoms with Gasteiger partial charge < -0.3 is 38.4 Å². The Morgan fingerprint density at radius 1 is 0.875 bits per heavy atom. The monoisotopic (exact) mass is 659 g/mol. The van der Waals surface area contributed by atoms with Gasteiger partial charge in [-0.25, -0.2) is 4.79 Å². The lowest BCUT2D eigenvalue weighted by Gasteiger charge is -2.41. The van der Waals surface area contributed by atoms with E-state index in [2.05, 4.69) is 26.0 Å². The Morgan fingerprint density at radius 3 is 2.35 bits per heavy atom. The molecule has 1 saturated heterocycles. The van der Waals surface area contributed by atoms with Gasteiger partial charge in [-0.05, 0) is 72.7 Å². The third-order valence-corrected chi connectivity index (χ3v) is 8.69. The molecule has 0 spiro atoms. The second kappa shape index (κ2) is 17.1. The summed E-state index contributed by atoms with van der Waals surface area (Å²) in [5.74, 6) is 0.501. The summed E-state index contributed by atoms with van der Waals surface area (Å²) in [7, 11) is 3.37.